The van der Waals surface area contributed by atoms with Crippen LogP contribution in [0.5, 0.6) is 11.6 Å². The lowest BCUT2D eigenvalue weighted by Crippen LogP contribution is -2.38. The van der Waals surface area contributed by atoms with Crippen molar-refractivity contribution in [2.24, 2.45) is 0 Å². The average Bonchev–Trinajstić information content (AvgIpc) is 2.95. The van der Waals surface area contributed by atoms with Crippen molar-refractivity contribution in [3.8, 4) is 22.9 Å². The lowest BCUT2D eigenvalue weighted by atomic mass is 9.98. The number of hydrogen-bond acceptors (Lipinski definition) is 8. The van der Waals surface area contributed by atoms with Gasteiger partial charge < -0.3 is 15.4 Å². The molecule has 1 saturated heterocycles. The average molecular weight is 600 g/mol. The summed E-state index contributed by atoms with van der Waals surface area (Å²) in [5.74, 6) is -0.189. The van der Waals surface area contributed by atoms with Gasteiger partial charge in [0.15, 0.2) is 9.84 Å². The van der Waals surface area contributed by atoms with Crippen LogP contribution in [0.4, 0.5) is 19.1 Å². The number of nitrogens with one attached hydrogen (secondary N) is 2. The molecule has 5 rings (SSSR count). The van der Waals surface area contributed by atoms with Gasteiger partial charge in [0.05, 0.1) is 29.2 Å². The normalized spacial score (nSPS) is 16.0. The lowest BCUT2D eigenvalue weighted by Gasteiger charge is -2.23. The van der Waals surface area contributed by atoms with E-state index < -0.39 is 33.9 Å². The second-order valence-electron chi connectivity index (χ2n) is 10.5. The topological polar surface area (TPSA) is 106 Å². The number of fused-ring (bicyclic) bond motifs is 1. The molecular weight excluding hydrogens is 567 g/mol. The Morgan fingerprint density at radius 3 is 2.57 bits per heavy atom. The molecule has 0 saturated carbocycles. The molecule has 0 aliphatic carbocycles. The predicted molar refractivity (Wildman–Crippen MR) is 156 cm³/mol. The minimum absolute atomic E-state index is 0.229. The summed E-state index contributed by atoms with van der Waals surface area (Å²) in [6, 6.07) is 12.8. The van der Waals surface area contributed by atoms with Gasteiger partial charge in [0.25, 0.3) is 0 Å². The summed E-state index contributed by atoms with van der Waals surface area (Å²) < 4.78 is 70.0. The van der Waals surface area contributed by atoms with E-state index in [2.05, 4.69) is 20.6 Å². The molecular formula is C30H32F3N5O3S. The van der Waals surface area contributed by atoms with Crippen LogP contribution in [0, 0.1) is 13.8 Å². The molecule has 0 amide bonds. The third kappa shape index (κ3) is 7.16. The molecule has 8 nitrogen and oxygen atoms in total. The summed E-state index contributed by atoms with van der Waals surface area (Å²) in [6.07, 6.45) is -0.554. The number of aromatic nitrogens is 3. The van der Waals surface area contributed by atoms with Crippen LogP contribution in [0.1, 0.15) is 36.0 Å². The Labute approximate surface area is 242 Å². The van der Waals surface area contributed by atoms with E-state index in [1.165, 1.54) is 0 Å². The van der Waals surface area contributed by atoms with E-state index in [1.807, 2.05) is 19.1 Å². The van der Waals surface area contributed by atoms with Crippen molar-refractivity contribution < 1.29 is 26.3 Å². The van der Waals surface area contributed by atoms with Crippen molar-refractivity contribution in [1.29, 1.82) is 0 Å². The van der Waals surface area contributed by atoms with Gasteiger partial charge in [0, 0.05) is 30.4 Å². The maximum absolute atomic E-state index is 12.7. The van der Waals surface area contributed by atoms with Gasteiger partial charge in [0.2, 0.25) is 11.8 Å². The van der Waals surface area contributed by atoms with Crippen molar-refractivity contribution in [3.63, 3.8) is 0 Å². The molecule has 2 aromatic carbocycles. The molecule has 0 bridgehead atoms. The fraction of sp³-hybridized carbons (Fsp3) is 0.367. The highest BCUT2D eigenvalue weighted by Gasteiger charge is 2.30. The van der Waals surface area contributed by atoms with Crippen LogP contribution in [0.3, 0.4) is 0 Å². The van der Waals surface area contributed by atoms with E-state index in [4.69, 9.17) is 9.72 Å². The minimum Gasteiger partial charge on any atom is -0.437 e. The largest absolute Gasteiger partial charge is 0.437 e. The second kappa shape index (κ2) is 12.2. The van der Waals surface area contributed by atoms with Crippen molar-refractivity contribution >= 4 is 26.6 Å². The summed E-state index contributed by atoms with van der Waals surface area (Å²) >= 11 is 0. The van der Waals surface area contributed by atoms with Gasteiger partial charge in [0.1, 0.15) is 5.75 Å². The van der Waals surface area contributed by atoms with Gasteiger partial charge in [-0.05, 0) is 73.5 Å². The molecule has 2 aromatic heterocycles. The number of halogens is 3. The Morgan fingerprint density at radius 1 is 1.02 bits per heavy atom. The number of nitrogens with zero attached hydrogens (tertiary/aromatic N) is 3. The van der Waals surface area contributed by atoms with Crippen LogP contribution in [-0.2, 0) is 15.6 Å². The zero-order chi connectivity index (χ0) is 29.9. The minimum atomic E-state index is -4.55. The maximum atomic E-state index is 12.7. The van der Waals surface area contributed by atoms with Crippen LogP contribution < -0.4 is 15.4 Å². The number of hydrogen-bond donors (Lipinski definition) is 2. The van der Waals surface area contributed by atoms with E-state index in [0.717, 1.165) is 31.5 Å². The van der Waals surface area contributed by atoms with Crippen molar-refractivity contribution in [2.45, 2.75) is 51.1 Å². The summed E-state index contributed by atoms with van der Waals surface area (Å²) in [4.78, 5) is 13.6. The summed E-state index contributed by atoms with van der Waals surface area (Å²) in [7, 11) is -4.02. The van der Waals surface area contributed by atoms with Crippen LogP contribution in [0.25, 0.3) is 22.0 Å². The first-order chi connectivity index (χ1) is 20.0. The van der Waals surface area contributed by atoms with E-state index in [0.29, 0.717) is 50.7 Å². The molecule has 2 N–H and O–H groups in total. The number of anilines is 1. The number of piperidine rings is 1. The fourth-order valence-corrected chi connectivity index (χ4v) is 6.56. The standard InChI is InChI=1S/C30H32F3N5O3S/c1-19-7-10-23-22(25(19)18-42(39,40)16-12-30(31,32)33)9-8-20(2)27(23)41-28-24(6-4-14-35-28)26-11-15-36-29(38-26)37-21-5-3-13-34-17-21/h4,6-11,14-15,21,34H,3,5,12-13,16-18H2,1-2H3,(H,36,37,38)/t21-/m0/s1. The molecule has 42 heavy (non-hydrogen) atoms. The Morgan fingerprint density at radius 2 is 1.81 bits per heavy atom. The number of rotatable bonds is 9. The van der Waals surface area contributed by atoms with Gasteiger partial charge >= 0.3 is 6.18 Å². The van der Waals surface area contributed by atoms with Crippen LogP contribution in [0.15, 0.2) is 54.9 Å². The third-order valence-electron chi connectivity index (χ3n) is 7.29. The Bertz CT molecular complexity index is 1690. The Kier molecular flexibility index (Phi) is 8.65. The van der Waals surface area contributed by atoms with Crippen molar-refractivity contribution in [2.75, 3.05) is 24.2 Å². The second-order valence-corrected chi connectivity index (χ2v) is 12.7. The van der Waals surface area contributed by atoms with E-state index in [9.17, 15) is 21.6 Å². The molecule has 4 aromatic rings. The Balaban J connectivity index is 1.48. The molecule has 1 atom stereocenters. The van der Waals surface area contributed by atoms with Gasteiger partial charge in [-0.25, -0.2) is 23.4 Å². The maximum Gasteiger partial charge on any atom is 0.390 e. The fourth-order valence-electron chi connectivity index (χ4n) is 5.05. The number of ether oxygens (including phenoxy) is 1. The zero-order valence-electron chi connectivity index (χ0n) is 23.3. The third-order valence-corrected chi connectivity index (χ3v) is 8.84. The van der Waals surface area contributed by atoms with Crippen molar-refractivity contribution in [3.05, 3.63) is 71.5 Å². The summed E-state index contributed by atoms with van der Waals surface area (Å²) in [5.41, 5.74) is 3.15. The van der Waals surface area contributed by atoms with Crippen LogP contribution >= 0.6 is 0 Å². The SMILES string of the molecule is Cc1ccc2c(Oc3ncccc3-c3ccnc(N[C@H]4CCCNC4)n3)c(C)ccc2c1CS(=O)(=O)CCC(F)(F)F. The quantitative estimate of drug-likeness (QED) is 0.237. The van der Waals surface area contributed by atoms with Crippen LogP contribution in [0.2, 0.25) is 0 Å². The lowest BCUT2D eigenvalue weighted by molar-refractivity contribution is -0.129. The predicted octanol–water partition coefficient (Wildman–Crippen LogP) is 6.13. The number of aryl methyl sites for hydroxylation is 2. The molecule has 0 unspecified atom stereocenters. The highest BCUT2D eigenvalue weighted by atomic mass is 32.2. The smallest absolute Gasteiger partial charge is 0.390 e. The first-order valence-corrected chi connectivity index (χ1v) is 15.5. The van der Waals surface area contributed by atoms with Crippen LogP contribution in [-0.4, -0.2) is 54.4 Å². The molecule has 1 fully saturated rings. The van der Waals surface area contributed by atoms with E-state index >= 15 is 0 Å². The Hall–Kier alpha value is -3.77. The van der Waals surface area contributed by atoms with Gasteiger partial charge in [-0.3, -0.25) is 0 Å². The zero-order valence-corrected chi connectivity index (χ0v) is 24.1. The number of sulfone groups is 1. The van der Waals surface area contributed by atoms with E-state index in [1.54, 1.807) is 49.6 Å². The summed E-state index contributed by atoms with van der Waals surface area (Å²) in [5, 5.41) is 7.97. The van der Waals surface area contributed by atoms with Gasteiger partial charge in [-0.15, -0.1) is 0 Å². The van der Waals surface area contributed by atoms with Gasteiger partial charge in [-0.1, -0.05) is 24.3 Å². The number of benzene rings is 2. The highest BCUT2D eigenvalue weighted by molar-refractivity contribution is 7.90. The summed E-state index contributed by atoms with van der Waals surface area (Å²) in [6.45, 7) is 5.44. The molecule has 222 valence electrons. The number of pyridine rings is 1. The molecule has 1 aliphatic heterocycles. The molecule has 0 radical (unpaired) electrons. The van der Waals surface area contributed by atoms with Gasteiger partial charge in [-0.2, -0.15) is 13.2 Å². The molecule has 3 heterocycles. The molecule has 0 spiro atoms. The monoisotopic (exact) mass is 599 g/mol. The highest BCUT2D eigenvalue weighted by Crippen LogP contribution is 2.38. The van der Waals surface area contributed by atoms with Crippen molar-refractivity contribution in [1.82, 2.24) is 20.3 Å². The first-order valence-electron chi connectivity index (χ1n) is 13.7. The van der Waals surface area contributed by atoms with E-state index in [-0.39, 0.29) is 6.04 Å². The molecule has 1 aliphatic rings. The first kappa shape index (κ1) is 29.7. The molecule has 12 heteroatoms. The number of alkyl halides is 3.